The predicted molar refractivity (Wildman–Crippen MR) is 140 cm³/mol. The standard InChI is InChI=1S/C28H26FN3O3S/c1-19(27(34)35)30-26(33)23-9-7-21(8-10-23)17-32(16-15-20-5-3-2-4-6-20)28-31-25(18-36-28)22-11-13-24(29)14-12-22/h2-14,18-19H,15-17H2,1H3,(H,30,33)(H,34,35). The van der Waals surface area contributed by atoms with Crippen LogP contribution in [0.4, 0.5) is 9.52 Å². The number of aliphatic carboxylic acids is 1. The summed E-state index contributed by atoms with van der Waals surface area (Å²) < 4.78 is 13.3. The Kier molecular flexibility index (Phi) is 8.07. The first-order valence-electron chi connectivity index (χ1n) is 11.5. The van der Waals surface area contributed by atoms with Gasteiger partial charge in [-0.2, -0.15) is 0 Å². The summed E-state index contributed by atoms with van der Waals surface area (Å²) >= 11 is 1.53. The minimum absolute atomic E-state index is 0.284. The van der Waals surface area contributed by atoms with Crippen molar-refractivity contribution in [2.24, 2.45) is 0 Å². The predicted octanol–water partition coefficient (Wildman–Crippen LogP) is 5.40. The molecule has 4 rings (SSSR count). The Hall–Kier alpha value is -4.04. The van der Waals surface area contributed by atoms with Gasteiger partial charge in [-0.15, -0.1) is 11.3 Å². The molecule has 0 saturated carbocycles. The topological polar surface area (TPSA) is 82.5 Å². The monoisotopic (exact) mass is 503 g/mol. The van der Waals surface area contributed by atoms with Gasteiger partial charge in [0.15, 0.2) is 5.13 Å². The second kappa shape index (κ2) is 11.6. The zero-order chi connectivity index (χ0) is 25.5. The zero-order valence-corrected chi connectivity index (χ0v) is 20.5. The van der Waals surface area contributed by atoms with Crippen LogP contribution in [-0.4, -0.2) is 34.6 Å². The molecular weight excluding hydrogens is 477 g/mol. The van der Waals surface area contributed by atoms with Crippen molar-refractivity contribution in [1.82, 2.24) is 10.3 Å². The fraction of sp³-hybridized carbons (Fsp3) is 0.179. The van der Waals surface area contributed by atoms with Crippen LogP contribution >= 0.6 is 11.3 Å². The van der Waals surface area contributed by atoms with Crippen LogP contribution in [0.1, 0.15) is 28.4 Å². The number of carbonyl (C=O) groups is 2. The number of nitrogens with one attached hydrogen (secondary N) is 1. The van der Waals surface area contributed by atoms with E-state index in [-0.39, 0.29) is 5.82 Å². The van der Waals surface area contributed by atoms with Gasteiger partial charge in [0.25, 0.3) is 5.91 Å². The molecule has 0 aliphatic rings. The van der Waals surface area contributed by atoms with Crippen molar-refractivity contribution in [3.05, 3.63) is 107 Å². The van der Waals surface area contributed by atoms with Crippen molar-refractivity contribution in [3.8, 4) is 11.3 Å². The molecule has 0 aliphatic carbocycles. The molecule has 0 aliphatic heterocycles. The Morgan fingerprint density at radius 1 is 1.00 bits per heavy atom. The number of halogens is 1. The quantitative estimate of drug-likeness (QED) is 0.303. The van der Waals surface area contributed by atoms with Crippen molar-refractivity contribution < 1.29 is 19.1 Å². The van der Waals surface area contributed by atoms with Crippen molar-refractivity contribution >= 4 is 28.3 Å². The van der Waals surface area contributed by atoms with E-state index in [1.165, 1.54) is 36.0 Å². The Balaban J connectivity index is 1.51. The summed E-state index contributed by atoms with van der Waals surface area (Å²) in [5, 5.41) is 14.3. The number of carboxylic acid groups (broad SMARTS) is 1. The van der Waals surface area contributed by atoms with Gasteiger partial charge in [0.2, 0.25) is 0 Å². The highest BCUT2D eigenvalue weighted by molar-refractivity contribution is 7.14. The van der Waals surface area contributed by atoms with Gasteiger partial charge in [-0.3, -0.25) is 9.59 Å². The average Bonchev–Trinajstić information content (AvgIpc) is 3.38. The highest BCUT2D eigenvalue weighted by atomic mass is 32.1. The number of carboxylic acids is 1. The van der Waals surface area contributed by atoms with E-state index < -0.39 is 17.9 Å². The maximum absolute atomic E-state index is 13.3. The fourth-order valence-electron chi connectivity index (χ4n) is 3.64. The number of rotatable bonds is 10. The lowest BCUT2D eigenvalue weighted by molar-refractivity contribution is -0.138. The molecule has 0 saturated heterocycles. The molecule has 1 atom stereocenters. The molecule has 1 unspecified atom stereocenters. The number of benzene rings is 3. The van der Waals surface area contributed by atoms with Crippen LogP contribution < -0.4 is 10.2 Å². The third kappa shape index (κ3) is 6.55. The Morgan fingerprint density at radius 2 is 1.69 bits per heavy atom. The van der Waals surface area contributed by atoms with Crippen LogP contribution in [0, 0.1) is 5.82 Å². The van der Waals surface area contributed by atoms with Crippen LogP contribution in [0.2, 0.25) is 0 Å². The molecule has 1 aromatic heterocycles. The minimum atomic E-state index is -1.09. The van der Waals surface area contributed by atoms with Gasteiger partial charge in [-0.1, -0.05) is 42.5 Å². The van der Waals surface area contributed by atoms with Crippen molar-refractivity contribution in [1.29, 1.82) is 0 Å². The number of amides is 1. The number of thiazole rings is 1. The third-order valence-corrected chi connectivity index (χ3v) is 6.62. The molecular formula is C28H26FN3O3S. The molecule has 6 nitrogen and oxygen atoms in total. The lowest BCUT2D eigenvalue weighted by Crippen LogP contribution is -2.38. The van der Waals surface area contributed by atoms with Crippen molar-refractivity contribution in [3.63, 3.8) is 0 Å². The molecule has 36 heavy (non-hydrogen) atoms. The Bertz CT molecular complexity index is 1310. The summed E-state index contributed by atoms with van der Waals surface area (Å²) in [5.41, 5.74) is 4.25. The first kappa shape index (κ1) is 25.1. The summed E-state index contributed by atoms with van der Waals surface area (Å²) in [5.74, 6) is -1.80. The van der Waals surface area contributed by atoms with E-state index in [9.17, 15) is 14.0 Å². The first-order valence-corrected chi connectivity index (χ1v) is 12.4. The summed E-state index contributed by atoms with van der Waals surface area (Å²) in [6, 6.07) is 22.7. The summed E-state index contributed by atoms with van der Waals surface area (Å²) in [6.07, 6.45) is 0.833. The highest BCUT2D eigenvalue weighted by Crippen LogP contribution is 2.29. The first-order chi connectivity index (χ1) is 17.4. The number of aromatic nitrogens is 1. The van der Waals surface area contributed by atoms with Crippen LogP contribution in [0.3, 0.4) is 0 Å². The number of anilines is 1. The Labute approximate surface area is 213 Å². The third-order valence-electron chi connectivity index (χ3n) is 5.72. The molecule has 3 aromatic carbocycles. The lowest BCUT2D eigenvalue weighted by Gasteiger charge is -2.22. The smallest absolute Gasteiger partial charge is 0.325 e. The molecule has 0 bridgehead atoms. The second-order valence-electron chi connectivity index (χ2n) is 8.41. The van der Waals surface area contributed by atoms with Gasteiger partial charge in [-0.25, -0.2) is 9.37 Å². The van der Waals surface area contributed by atoms with Crippen LogP contribution in [0.25, 0.3) is 11.3 Å². The van der Waals surface area contributed by atoms with E-state index in [2.05, 4.69) is 22.3 Å². The number of nitrogens with zero attached hydrogens (tertiary/aromatic N) is 2. The normalized spacial score (nSPS) is 11.6. The maximum Gasteiger partial charge on any atom is 0.325 e. The van der Waals surface area contributed by atoms with E-state index in [1.54, 1.807) is 24.3 Å². The van der Waals surface area contributed by atoms with E-state index in [1.807, 2.05) is 35.7 Å². The largest absolute Gasteiger partial charge is 0.480 e. The van der Waals surface area contributed by atoms with Gasteiger partial charge >= 0.3 is 5.97 Å². The molecule has 2 N–H and O–H groups in total. The van der Waals surface area contributed by atoms with Gasteiger partial charge in [0.1, 0.15) is 11.9 Å². The zero-order valence-electron chi connectivity index (χ0n) is 19.7. The minimum Gasteiger partial charge on any atom is -0.480 e. The molecule has 0 radical (unpaired) electrons. The number of carbonyl (C=O) groups excluding carboxylic acids is 1. The number of hydrogen-bond acceptors (Lipinski definition) is 5. The molecule has 1 amide bonds. The average molecular weight is 504 g/mol. The summed E-state index contributed by atoms with van der Waals surface area (Å²) in [7, 11) is 0. The second-order valence-corrected chi connectivity index (χ2v) is 9.25. The van der Waals surface area contributed by atoms with E-state index in [4.69, 9.17) is 10.1 Å². The SMILES string of the molecule is CC(NC(=O)c1ccc(CN(CCc2ccccc2)c2nc(-c3ccc(F)cc3)cs2)cc1)C(=O)O. The van der Waals surface area contributed by atoms with Gasteiger partial charge in [-0.05, 0) is 60.9 Å². The van der Waals surface area contributed by atoms with E-state index in [0.29, 0.717) is 12.1 Å². The van der Waals surface area contributed by atoms with Gasteiger partial charge < -0.3 is 15.3 Å². The molecule has 0 spiro atoms. The van der Waals surface area contributed by atoms with Crippen molar-refractivity contribution in [2.45, 2.75) is 25.9 Å². The van der Waals surface area contributed by atoms with Crippen LogP contribution in [0.15, 0.2) is 84.2 Å². The maximum atomic E-state index is 13.3. The highest BCUT2D eigenvalue weighted by Gasteiger charge is 2.17. The van der Waals surface area contributed by atoms with Crippen LogP contribution in [-0.2, 0) is 17.8 Å². The molecule has 8 heteroatoms. The van der Waals surface area contributed by atoms with Crippen molar-refractivity contribution in [2.75, 3.05) is 11.4 Å². The molecule has 4 aromatic rings. The number of hydrogen-bond donors (Lipinski definition) is 2. The van der Waals surface area contributed by atoms with Crippen LogP contribution in [0.5, 0.6) is 0 Å². The summed E-state index contributed by atoms with van der Waals surface area (Å²) in [6.45, 7) is 2.74. The molecule has 0 fully saturated rings. The van der Waals surface area contributed by atoms with E-state index in [0.717, 1.165) is 34.9 Å². The Morgan fingerprint density at radius 3 is 2.36 bits per heavy atom. The molecule has 1 heterocycles. The fourth-order valence-corrected chi connectivity index (χ4v) is 4.50. The van der Waals surface area contributed by atoms with E-state index >= 15 is 0 Å². The molecule has 184 valence electrons. The summed E-state index contributed by atoms with van der Waals surface area (Å²) in [4.78, 5) is 30.3. The van der Waals surface area contributed by atoms with Gasteiger partial charge in [0, 0.05) is 29.6 Å². The van der Waals surface area contributed by atoms with Gasteiger partial charge in [0.05, 0.1) is 5.69 Å². The lowest BCUT2D eigenvalue weighted by atomic mass is 10.1.